The molecular formula is C11H19N2O5. The van der Waals surface area contributed by atoms with Crippen LogP contribution in [0.15, 0.2) is 0 Å². The lowest BCUT2D eigenvalue weighted by atomic mass is 9.77. The Morgan fingerprint density at radius 3 is 2.22 bits per heavy atom. The Kier molecular flexibility index (Phi) is 3.69. The summed E-state index contributed by atoms with van der Waals surface area (Å²) in [6.45, 7) is 6.05. The van der Waals surface area contributed by atoms with Crippen LogP contribution in [-0.4, -0.2) is 40.7 Å². The van der Waals surface area contributed by atoms with Gasteiger partial charge in [0.1, 0.15) is 0 Å². The highest BCUT2D eigenvalue weighted by molar-refractivity contribution is 5.75. The van der Waals surface area contributed by atoms with Crippen LogP contribution in [0.25, 0.3) is 0 Å². The van der Waals surface area contributed by atoms with Crippen LogP contribution in [0.2, 0.25) is 0 Å². The smallest absolute Gasteiger partial charge is 0.311 e. The molecular weight excluding hydrogens is 240 g/mol. The number of ether oxygens (including phenoxy) is 1. The lowest BCUT2D eigenvalue weighted by molar-refractivity contribution is -0.492. The zero-order valence-electron chi connectivity index (χ0n) is 11.3. The average Bonchev–Trinajstić information content (AvgIpc) is 2.36. The molecule has 1 aliphatic heterocycles. The molecule has 18 heavy (non-hydrogen) atoms. The molecule has 0 amide bonds. The SMILES string of the molecule is COC(=O)[C@H]1[C@H](C[N+](=O)[O-])C(C)(C)N([O])C1(C)C. The number of hydroxylamine groups is 2. The lowest BCUT2D eigenvalue weighted by Crippen LogP contribution is -2.47. The maximum atomic E-state index is 12.3. The van der Waals surface area contributed by atoms with E-state index in [0.29, 0.717) is 0 Å². The number of carbonyl (C=O) groups is 1. The fraction of sp³-hybridized carbons (Fsp3) is 0.909. The van der Waals surface area contributed by atoms with Crippen LogP contribution in [0.4, 0.5) is 0 Å². The van der Waals surface area contributed by atoms with Crippen LogP contribution < -0.4 is 0 Å². The van der Waals surface area contributed by atoms with Gasteiger partial charge in [0.25, 0.3) is 0 Å². The summed E-state index contributed by atoms with van der Waals surface area (Å²) in [4.78, 5) is 22.1. The highest BCUT2D eigenvalue weighted by Crippen LogP contribution is 2.48. The van der Waals surface area contributed by atoms with E-state index in [1.807, 2.05) is 0 Å². The molecule has 0 aromatic heterocycles. The first-order valence-corrected chi connectivity index (χ1v) is 5.74. The van der Waals surface area contributed by atoms with Crippen LogP contribution >= 0.6 is 0 Å². The first kappa shape index (κ1) is 14.8. The lowest BCUT2D eigenvalue weighted by Gasteiger charge is -2.33. The minimum absolute atomic E-state index is 0.422. The van der Waals surface area contributed by atoms with Crippen molar-refractivity contribution >= 4 is 5.97 Å². The fourth-order valence-corrected chi connectivity index (χ4v) is 2.99. The van der Waals surface area contributed by atoms with Gasteiger partial charge in [-0.05, 0) is 27.7 Å². The van der Waals surface area contributed by atoms with E-state index in [4.69, 9.17) is 4.74 Å². The second-order valence-electron chi connectivity index (χ2n) is 5.72. The Morgan fingerprint density at radius 1 is 1.33 bits per heavy atom. The summed E-state index contributed by atoms with van der Waals surface area (Å²) < 4.78 is 4.70. The summed E-state index contributed by atoms with van der Waals surface area (Å²) in [6, 6.07) is 0. The van der Waals surface area contributed by atoms with Crippen molar-refractivity contribution in [3.8, 4) is 0 Å². The molecule has 0 bridgehead atoms. The van der Waals surface area contributed by atoms with E-state index in [9.17, 15) is 20.1 Å². The molecule has 0 N–H and O–H groups in total. The van der Waals surface area contributed by atoms with E-state index in [0.717, 1.165) is 5.06 Å². The van der Waals surface area contributed by atoms with Gasteiger partial charge in [-0.1, -0.05) is 0 Å². The molecule has 7 nitrogen and oxygen atoms in total. The maximum absolute atomic E-state index is 12.3. The summed E-state index contributed by atoms with van der Waals surface area (Å²) in [5.74, 6) is -2.05. The van der Waals surface area contributed by atoms with Crippen molar-refractivity contribution in [3.05, 3.63) is 10.1 Å². The van der Waals surface area contributed by atoms with Crippen molar-refractivity contribution in [3.63, 3.8) is 0 Å². The van der Waals surface area contributed by atoms with Crippen LogP contribution in [0.3, 0.4) is 0 Å². The Hall–Kier alpha value is -1.21. The van der Waals surface area contributed by atoms with Crippen molar-refractivity contribution in [2.75, 3.05) is 13.7 Å². The second-order valence-corrected chi connectivity index (χ2v) is 5.72. The van der Waals surface area contributed by atoms with Gasteiger partial charge < -0.3 is 4.74 Å². The molecule has 0 spiro atoms. The van der Waals surface area contributed by atoms with Gasteiger partial charge in [-0.15, -0.1) is 10.3 Å². The number of rotatable bonds is 3. The monoisotopic (exact) mass is 259 g/mol. The average molecular weight is 259 g/mol. The van der Waals surface area contributed by atoms with Crippen molar-refractivity contribution in [1.29, 1.82) is 0 Å². The third-order valence-corrected chi connectivity index (χ3v) is 3.92. The third kappa shape index (κ3) is 2.08. The van der Waals surface area contributed by atoms with Crippen molar-refractivity contribution < 1.29 is 19.7 Å². The molecule has 1 fully saturated rings. The number of hydrogen-bond donors (Lipinski definition) is 0. The zero-order chi connectivity index (χ0) is 14.3. The topological polar surface area (TPSA) is 92.6 Å². The zero-order valence-corrected chi connectivity index (χ0v) is 11.3. The van der Waals surface area contributed by atoms with E-state index in [1.165, 1.54) is 7.11 Å². The number of nitro groups is 1. The van der Waals surface area contributed by atoms with Gasteiger partial charge in [0, 0.05) is 4.92 Å². The number of hydrogen-bond acceptors (Lipinski definition) is 5. The van der Waals surface area contributed by atoms with Gasteiger partial charge in [-0.2, -0.15) is 0 Å². The largest absolute Gasteiger partial charge is 0.469 e. The molecule has 1 aliphatic rings. The summed E-state index contributed by atoms with van der Waals surface area (Å²) in [5.41, 5.74) is -1.99. The molecule has 1 radical (unpaired) electrons. The van der Waals surface area contributed by atoms with Gasteiger partial charge in [-0.3, -0.25) is 14.9 Å². The summed E-state index contributed by atoms with van der Waals surface area (Å²) in [6.07, 6.45) is 0. The molecule has 0 unspecified atom stereocenters. The maximum Gasteiger partial charge on any atom is 0.311 e. The van der Waals surface area contributed by atoms with Crippen LogP contribution in [0.5, 0.6) is 0 Å². The first-order chi connectivity index (χ1) is 8.06. The Labute approximate surface area is 106 Å². The molecule has 1 heterocycles. The quantitative estimate of drug-likeness (QED) is 0.426. The van der Waals surface area contributed by atoms with E-state index in [-0.39, 0.29) is 0 Å². The van der Waals surface area contributed by atoms with Crippen molar-refractivity contribution in [2.45, 2.75) is 38.8 Å². The van der Waals surface area contributed by atoms with Gasteiger partial charge in [0.2, 0.25) is 6.54 Å². The van der Waals surface area contributed by atoms with Crippen LogP contribution in [0, 0.1) is 22.0 Å². The highest BCUT2D eigenvalue weighted by Gasteiger charge is 2.63. The van der Waals surface area contributed by atoms with Gasteiger partial charge in [0.15, 0.2) is 0 Å². The van der Waals surface area contributed by atoms with Crippen molar-refractivity contribution in [2.24, 2.45) is 11.8 Å². The standard InChI is InChI=1S/C11H19N2O5/c1-10(2)7(6-12(15)16)8(9(14)18-5)11(3,4)13(10)17/h7-8H,6H2,1-5H3/t7-,8+/m0/s1. The molecule has 2 atom stereocenters. The van der Waals surface area contributed by atoms with E-state index in [1.54, 1.807) is 27.7 Å². The first-order valence-electron chi connectivity index (χ1n) is 5.74. The second kappa shape index (κ2) is 4.47. The normalized spacial score (nSPS) is 30.1. The van der Waals surface area contributed by atoms with Gasteiger partial charge >= 0.3 is 5.97 Å². The predicted molar refractivity (Wildman–Crippen MR) is 61.5 cm³/mol. The Bertz CT molecular complexity index is 366. The number of carbonyl (C=O) groups excluding carboxylic acids is 1. The molecule has 0 aromatic rings. The molecule has 0 aromatic carbocycles. The molecule has 7 heteroatoms. The van der Waals surface area contributed by atoms with Gasteiger partial charge in [0.05, 0.1) is 30.0 Å². The van der Waals surface area contributed by atoms with Crippen LogP contribution in [0.1, 0.15) is 27.7 Å². The highest BCUT2D eigenvalue weighted by atomic mass is 16.6. The van der Waals surface area contributed by atoms with Crippen molar-refractivity contribution in [1.82, 2.24) is 5.06 Å². The minimum atomic E-state index is -1.02. The molecule has 1 rings (SSSR count). The third-order valence-electron chi connectivity index (χ3n) is 3.92. The summed E-state index contributed by atoms with van der Waals surface area (Å²) in [5, 5.41) is 23.8. The molecule has 1 saturated heterocycles. The van der Waals surface area contributed by atoms with E-state index < -0.39 is 40.4 Å². The summed E-state index contributed by atoms with van der Waals surface area (Å²) in [7, 11) is 1.22. The van der Waals surface area contributed by atoms with Crippen LogP contribution in [-0.2, 0) is 14.7 Å². The minimum Gasteiger partial charge on any atom is -0.469 e. The number of methoxy groups -OCH3 is 1. The predicted octanol–water partition coefficient (Wildman–Crippen LogP) is 0.887. The Balaban J connectivity index is 3.23. The number of nitrogens with zero attached hydrogens (tertiary/aromatic N) is 2. The van der Waals surface area contributed by atoms with E-state index >= 15 is 0 Å². The molecule has 0 aliphatic carbocycles. The number of esters is 1. The molecule has 103 valence electrons. The van der Waals surface area contributed by atoms with E-state index in [2.05, 4.69) is 0 Å². The summed E-state index contributed by atoms with van der Waals surface area (Å²) >= 11 is 0. The molecule has 0 saturated carbocycles. The van der Waals surface area contributed by atoms with Gasteiger partial charge in [-0.25, -0.2) is 0 Å². The Morgan fingerprint density at radius 2 is 1.83 bits per heavy atom. The fourth-order valence-electron chi connectivity index (χ4n) is 2.99.